The number of likely N-dealkylation sites (N-methyl/N-ethyl adjacent to an activating group) is 1. The van der Waals surface area contributed by atoms with Crippen molar-refractivity contribution in [2.24, 2.45) is 5.92 Å². The summed E-state index contributed by atoms with van der Waals surface area (Å²) < 4.78 is 18.7. The van der Waals surface area contributed by atoms with Crippen LogP contribution in [0.5, 0.6) is 11.5 Å². The monoisotopic (exact) mass is 551 g/mol. The van der Waals surface area contributed by atoms with Crippen LogP contribution in [0.2, 0.25) is 5.02 Å². The Morgan fingerprint density at radius 2 is 1.92 bits per heavy atom. The second kappa shape index (κ2) is 12.0. The van der Waals surface area contributed by atoms with E-state index in [4.69, 9.17) is 25.8 Å². The first-order valence-corrected chi connectivity index (χ1v) is 13.8. The summed E-state index contributed by atoms with van der Waals surface area (Å²) in [6.07, 6.45) is 5.22. The van der Waals surface area contributed by atoms with Crippen molar-refractivity contribution in [3.8, 4) is 11.5 Å². The topological polar surface area (TPSA) is 109 Å². The summed E-state index contributed by atoms with van der Waals surface area (Å²) in [6.45, 7) is 1.28. The van der Waals surface area contributed by atoms with Gasteiger partial charge in [0, 0.05) is 19.0 Å². The first-order valence-electron chi connectivity index (χ1n) is 12.5. The summed E-state index contributed by atoms with van der Waals surface area (Å²) in [5.74, 6) is 0.649. The van der Waals surface area contributed by atoms with E-state index in [9.17, 15) is 9.59 Å². The summed E-state index contributed by atoms with van der Waals surface area (Å²) in [5.41, 5.74) is 0.0291. The van der Waals surface area contributed by atoms with Crippen LogP contribution in [0.15, 0.2) is 17.3 Å². The van der Waals surface area contributed by atoms with Gasteiger partial charge < -0.3 is 19.1 Å². The molecule has 2 aliphatic rings. The molecule has 1 aliphatic heterocycles. The Morgan fingerprint density at radius 3 is 2.57 bits per heavy atom. The SMILES string of the molecule is COc1cc(OC)c(CCC2(C3CCCC3)CC(=O)C(Sc3nnnn3CCN(C)C)C(=O)O2)cc1Cl. The number of cyclic esters (lactones) is 1. The number of thioether (sulfide) groups is 1. The van der Waals surface area contributed by atoms with Crippen LogP contribution in [0.1, 0.15) is 44.1 Å². The minimum Gasteiger partial charge on any atom is -0.496 e. The fourth-order valence-electron chi connectivity index (χ4n) is 5.23. The molecule has 1 aromatic heterocycles. The van der Waals surface area contributed by atoms with Gasteiger partial charge in [-0.25, -0.2) is 4.68 Å². The number of hydrogen-bond acceptors (Lipinski definition) is 10. The van der Waals surface area contributed by atoms with Gasteiger partial charge in [-0.3, -0.25) is 9.59 Å². The number of tetrazole rings is 1. The Bertz CT molecular complexity index is 1100. The van der Waals surface area contributed by atoms with Crippen molar-refractivity contribution in [2.45, 2.75) is 67.5 Å². The molecule has 2 aromatic rings. The quantitative estimate of drug-likeness (QED) is 0.304. The van der Waals surface area contributed by atoms with Gasteiger partial charge in [-0.2, -0.15) is 0 Å². The van der Waals surface area contributed by atoms with Crippen molar-refractivity contribution in [1.29, 1.82) is 0 Å². The van der Waals surface area contributed by atoms with E-state index < -0.39 is 16.8 Å². The normalized spacial score (nSPS) is 22.5. The van der Waals surface area contributed by atoms with Gasteiger partial charge in [0.1, 0.15) is 17.1 Å². The molecular formula is C25H34ClN5O5S. The number of halogens is 1. The molecule has 4 rings (SSSR count). The molecule has 1 aromatic carbocycles. The number of nitrogens with zero attached hydrogens (tertiary/aromatic N) is 5. The van der Waals surface area contributed by atoms with Crippen LogP contribution >= 0.6 is 23.4 Å². The third kappa shape index (κ3) is 6.21. The number of benzene rings is 1. The average Bonchev–Trinajstić information content (AvgIpc) is 3.56. The Labute approximate surface area is 226 Å². The van der Waals surface area contributed by atoms with Gasteiger partial charge in [0.25, 0.3) is 0 Å². The highest BCUT2D eigenvalue weighted by molar-refractivity contribution is 8.01. The highest BCUT2D eigenvalue weighted by Crippen LogP contribution is 2.46. The number of hydrogen-bond donors (Lipinski definition) is 0. The number of esters is 1. The molecule has 0 radical (unpaired) electrons. The zero-order valence-electron chi connectivity index (χ0n) is 21.7. The van der Waals surface area contributed by atoms with Crippen LogP contribution < -0.4 is 9.47 Å². The molecule has 1 aliphatic carbocycles. The summed E-state index contributed by atoms with van der Waals surface area (Å²) in [5, 5.41) is 11.7. The molecule has 0 bridgehead atoms. The van der Waals surface area contributed by atoms with E-state index >= 15 is 0 Å². The van der Waals surface area contributed by atoms with Crippen molar-refractivity contribution in [3.63, 3.8) is 0 Å². The van der Waals surface area contributed by atoms with E-state index in [2.05, 4.69) is 15.5 Å². The molecule has 10 nitrogen and oxygen atoms in total. The molecule has 202 valence electrons. The van der Waals surface area contributed by atoms with Crippen molar-refractivity contribution in [1.82, 2.24) is 25.1 Å². The van der Waals surface area contributed by atoms with E-state index in [0.717, 1.165) is 49.6 Å². The number of ether oxygens (including phenoxy) is 3. The van der Waals surface area contributed by atoms with E-state index in [0.29, 0.717) is 41.1 Å². The summed E-state index contributed by atoms with van der Waals surface area (Å²) >= 11 is 7.45. The van der Waals surface area contributed by atoms with Crippen molar-refractivity contribution >= 4 is 35.1 Å². The zero-order valence-corrected chi connectivity index (χ0v) is 23.3. The van der Waals surface area contributed by atoms with Crippen molar-refractivity contribution in [3.05, 3.63) is 22.7 Å². The molecule has 1 saturated heterocycles. The Kier molecular flexibility index (Phi) is 8.97. The fraction of sp³-hybridized carbons (Fsp3) is 0.640. The van der Waals surface area contributed by atoms with Crippen molar-refractivity contribution < 1.29 is 23.8 Å². The van der Waals surface area contributed by atoms with Crippen LogP contribution in [0.3, 0.4) is 0 Å². The molecule has 0 amide bonds. The summed E-state index contributed by atoms with van der Waals surface area (Å²) in [6, 6.07) is 3.57. The van der Waals surface area contributed by atoms with Crippen LogP contribution in [-0.4, -0.2) is 82.6 Å². The predicted octanol–water partition coefficient (Wildman–Crippen LogP) is 3.44. The molecule has 2 unspecified atom stereocenters. The van der Waals surface area contributed by atoms with Crippen LogP contribution in [0.25, 0.3) is 0 Å². The fourth-order valence-corrected chi connectivity index (χ4v) is 6.40. The van der Waals surface area contributed by atoms with Gasteiger partial charge in [0.2, 0.25) is 5.16 Å². The van der Waals surface area contributed by atoms with Gasteiger partial charge in [-0.1, -0.05) is 36.2 Å². The third-order valence-electron chi connectivity index (χ3n) is 7.24. The lowest BCUT2D eigenvalue weighted by Gasteiger charge is -2.42. The predicted molar refractivity (Wildman–Crippen MR) is 139 cm³/mol. The number of aromatic nitrogens is 4. The Morgan fingerprint density at radius 1 is 1.19 bits per heavy atom. The third-order valence-corrected chi connectivity index (χ3v) is 8.73. The first kappa shape index (κ1) is 27.7. The van der Waals surface area contributed by atoms with Crippen LogP contribution in [-0.2, 0) is 27.3 Å². The Balaban J connectivity index is 1.53. The second-order valence-electron chi connectivity index (χ2n) is 9.89. The molecule has 2 atom stereocenters. The minimum absolute atomic E-state index is 0.136. The lowest BCUT2D eigenvalue weighted by atomic mass is 9.76. The highest BCUT2D eigenvalue weighted by atomic mass is 35.5. The van der Waals surface area contributed by atoms with Crippen molar-refractivity contribution in [2.75, 3.05) is 34.9 Å². The maximum Gasteiger partial charge on any atom is 0.327 e. The molecule has 2 heterocycles. The van der Waals surface area contributed by atoms with E-state index in [-0.39, 0.29) is 18.1 Å². The van der Waals surface area contributed by atoms with Crippen LogP contribution in [0.4, 0.5) is 0 Å². The van der Waals surface area contributed by atoms with E-state index in [1.165, 1.54) is 0 Å². The Hall–Kier alpha value is -2.37. The molecule has 37 heavy (non-hydrogen) atoms. The average molecular weight is 552 g/mol. The molecule has 1 saturated carbocycles. The second-order valence-corrected chi connectivity index (χ2v) is 11.4. The summed E-state index contributed by atoms with van der Waals surface area (Å²) in [4.78, 5) is 28.8. The highest BCUT2D eigenvalue weighted by Gasteiger charge is 2.52. The largest absolute Gasteiger partial charge is 0.496 e. The number of rotatable bonds is 11. The van der Waals surface area contributed by atoms with Crippen LogP contribution in [0, 0.1) is 5.92 Å². The number of carbonyl (C=O) groups is 2. The number of carbonyl (C=O) groups excluding carboxylic acids is 2. The standard InChI is InChI=1S/C25H34ClN5O5S/c1-30(2)11-12-31-24(27-28-29-31)37-22-19(32)15-25(36-23(22)33,17-7-5-6-8-17)10-9-16-13-18(26)21(35-4)14-20(16)34-3/h13-14,17,22H,5-12,15H2,1-4H3. The van der Waals surface area contributed by atoms with Gasteiger partial charge >= 0.3 is 5.97 Å². The lowest BCUT2D eigenvalue weighted by molar-refractivity contribution is -0.177. The van der Waals surface area contributed by atoms with E-state index in [1.807, 2.05) is 25.1 Å². The molecular weight excluding hydrogens is 518 g/mol. The summed E-state index contributed by atoms with van der Waals surface area (Å²) in [7, 11) is 7.06. The number of aryl methyl sites for hydroxylation is 1. The number of methoxy groups -OCH3 is 2. The molecule has 2 fully saturated rings. The van der Waals surface area contributed by atoms with Gasteiger partial charge in [-0.05, 0) is 67.8 Å². The lowest BCUT2D eigenvalue weighted by Crippen LogP contribution is -2.53. The maximum atomic E-state index is 13.5. The van der Waals surface area contributed by atoms with Gasteiger partial charge in [-0.15, -0.1) is 5.10 Å². The maximum absolute atomic E-state index is 13.5. The smallest absolute Gasteiger partial charge is 0.327 e. The van der Waals surface area contributed by atoms with E-state index in [1.54, 1.807) is 25.0 Å². The zero-order chi connectivity index (χ0) is 26.6. The molecule has 0 N–H and O–H groups in total. The first-order chi connectivity index (χ1) is 17.8. The molecule has 0 spiro atoms. The minimum atomic E-state index is -0.983. The number of Topliss-reactive ketones (excluding diaryl/α,β-unsaturated/α-hetero) is 1. The van der Waals surface area contributed by atoms with Gasteiger partial charge in [0.05, 0.1) is 25.8 Å². The molecule has 12 heteroatoms. The van der Waals surface area contributed by atoms with Gasteiger partial charge in [0.15, 0.2) is 11.0 Å². The number of ketones is 1.